The number of phenols is 1. The first-order valence-electron chi connectivity index (χ1n) is 12.4. The molecule has 3 aliphatic rings. The largest absolute Gasteiger partial charge is 0.508 e. The molecule has 4 rings (SSSR count). The van der Waals surface area contributed by atoms with Crippen molar-refractivity contribution in [3.8, 4) is 11.5 Å². The van der Waals surface area contributed by atoms with Crippen molar-refractivity contribution in [2.75, 3.05) is 0 Å². The molecule has 0 spiro atoms. The fraction of sp³-hybridized carbons (Fsp3) is 0.607. The molecule has 3 aliphatic carbocycles. The Morgan fingerprint density at radius 2 is 1.88 bits per heavy atom. The minimum atomic E-state index is -1.25. The van der Waals surface area contributed by atoms with Crippen LogP contribution in [0, 0.1) is 17.3 Å². The molecule has 34 heavy (non-hydrogen) atoms. The number of hydrogen-bond donors (Lipinski definition) is 2. The van der Waals surface area contributed by atoms with Crippen molar-refractivity contribution >= 4 is 17.7 Å². The molecular weight excluding hydrogens is 432 g/mol. The minimum Gasteiger partial charge on any atom is -0.508 e. The van der Waals surface area contributed by atoms with Gasteiger partial charge in [-0.2, -0.15) is 0 Å². The van der Waals surface area contributed by atoms with Crippen molar-refractivity contribution in [3.63, 3.8) is 0 Å². The van der Waals surface area contributed by atoms with E-state index in [9.17, 15) is 19.5 Å². The zero-order valence-corrected chi connectivity index (χ0v) is 21.0. The number of carbonyl (C=O) groups is 3. The molecule has 6 heteroatoms. The van der Waals surface area contributed by atoms with Gasteiger partial charge in [-0.05, 0) is 47.3 Å². The van der Waals surface area contributed by atoms with Crippen LogP contribution in [0.5, 0.6) is 11.5 Å². The normalized spacial score (nSPS) is 23.6. The lowest BCUT2D eigenvalue weighted by Crippen LogP contribution is -2.56. The van der Waals surface area contributed by atoms with Crippen molar-refractivity contribution in [1.82, 2.24) is 0 Å². The van der Waals surface area contributed by atoms with Gasteiger partial charge in [-0.15, -0.1) is 0 Å². The Kier molecular flexibility index (Phi) is 7.59. The molecule has 3 fully saturated rings. The number of phenolic OH excluding ortho intramolecular Hbond substituents is 1. The summed E-state index contributed by atoms with van der Waals surface area (Å²) in [7, 11) is 0. The molecule has 1 aromatic carbocycles. The summed E-state index contributed by atoms with van der Waals surface area (Å²) < 4.78 is 5.62. The van der Waals surface area contributed by atoms with Gasteiger partial charge in [0.15, 0.2) is 0 Å². The number of carboxylic acid groups (broad SMARTS) is 1. The average Bonchev–Trinajstić information content (AvgIpc) is 2.74. The maximum Gasteiger partial charge on any atom is 0.336 e. The van der Waals surface area contributed by atoms with Gasteiger partial charge >= 0.3 is 11.9 Å². The van der Waals surface area contributed by atoms with E-state index in [1.807, 2.05) is 0 Å². The summed E-state index contributed by atoms with van der Waals surface area (Å²) in [4.78, 5) is 36.1. The second kappa shape index (κ2) is 9.93. The number of aromatic hydroxyl groups is 1. The summed E-state index contributed by atoms with van der Waals surface area (Å²) in [6.07, 6.45) is 8.09. The molecule has 0 heterocycles. The number of ketones is 1. The second-order valence-corrected chi connectivity index (χ2v) is 11.2. The molecule has 0 amide bonds. The van der Waals surface area contributed by atoms with E-state index in [1.165, 1.54) is 6.42 Å². The molecule has 1 aromatic rings. The summed E-state index contributed by atoms with van der Waals surface area (Å²) >= 11 is 0. The molecule has 0 aliphatic heterocycles. The van der Waals surface area contributed by atoms with Crippen molar-refractivity contribution in [1.29, 1.82) is 0 Å². The quantitative estimate of drug-likeness (QED) is 0.191. The molecule has 0 radical (unpaired) electrons. The van der Waals surface area contributed by atoms with Crippen molar-refractivity contribution in [2.24, 2.45) is 17.3 Å². The molecule has 0 aromatic heterocycles. The first-order valence-corrected chi connectivity index (χ1v) is 12.4. The van der Waals surface area contributed by atoms with Gasteiger partial charge in [0.25, 0.3) is 0 Å². The van der Waals surface area contributed by atoms with Crippen LogP contribution in [0.4, 0.5) is 0 Å². The first kappa shape index (κ1) is 26.0. The number of unbranched alkanes of at least 4 members (excludes halogenated alkanes) is 3. The third-order valence-electron chi connectivity index (χ3n) is 8.14. The van der Waals surface area contributed by atoms with E-state index in [0.717, 1.165) is 49.8 Å². The summed E-state index contributed by atoms with van der Waals surface area (Å²) in [5.41, 5.74) is 0.898. The summed E-state index contributed by atoms with van der Waals surface area (Å²) in [5, 5.41) is 20.1. The van der Waals surface area contributed by atoms with E-state index in [-0.39, 0.29) is 45.9 Å². The van der Waals surface area contributed by atoms with Gasteiger partial charge in [0.2, 0.25) is 0 Å². The third kappa shape index (κ3) is 5.21. The zero-order valence-electron chi connectivity index (χ0n) is 21.0. The highest BCUT2D eigenvalue weighted by molar-refractivity contribution is 5.92. The Balaban J connectivity index is 2.00. The Labute approximate surface area is 202 Å². The van der Waals surface area contributed by atoms with Gasteiger partial charge in [0.05, 0.1) is 0 Å². The van der Waals surface area contributed by atoms with Gasteiger partial charge in [-0.3, -0.25) is 4.79 Å². The monoisotopic (exact) mass is 470 g/mol. The van der Waals surface area contributed by atoms with Crippen molar-refractivity contribution in [3.05, 3.63) is 35.4 Å². The van der Waals surface area contributed by atoms with Crippen LogP contribution < -0.4 is 4.74 Å². The minimum absolute atomic E-state index is 0.0306. The zero-order chi connectivity index (χ0) is 25.3. The lowest BCUT2D eigenvalue weighted by molar-refractivity contribution is -0.151. The molecule has 186 valence electrons. The number of carboxylic acids is 1. The van der Waals surface area contributed by atoms with E-state index >= 15 is 0 Å². The molecule has 2 bridgehead atoms. The van der Waals surface area contributed by atoms with E-state index < -0.39 is 11.9 Å². The number of carbonyl (C=O) groups excluding carboxylic acids is 2. The van der Waals surface area contributed by atoms with Gasteiger partial charge in [-0.25, -0.2) is 9.59 Å². The van der Waals surface area contributed by atoms with Gasteiger partial charge in [0, 0.05) is 36.0 Å². The number of fused-ring (bicyclic) bond motifs is 2. The van der Waals surface area contributed by atoms with Crippen LogP contribution in [0.2, 0.25) is 0 Å². The van der Waals surface area contributed by atoms with Crippen LogP contribution in [-0.4, -0.2) is 27.9 Å². The predicted molar refractivity (Wildman–Crippen MR) is 130 cm³/mol. The van der Waals surface area contributed by atoms with Crippen LogP contribution in [0.1, 0.15) is 96.6 Å². The van der Waals surface area contributed by atoms with Gasteiger partial charge in [0.1, 0.15) is 17.3 Å². The molecule has 3 saturated carbocycles. The van der Waals surface area contributed by atoms with Crippen LogP contribution >= 0.6 is 0 Å². The Bertz CT molecular complexity index is 987. The smallest absolute Gasteiger partial charge is 0.336 e. The van der Waals surface area contributed by atoms with E-state index in [0.29, 0.717) is 12.0 Å². The second-order valence-electron chi connectivity index (χ2n) is 11.2. The number of aliphatic carboxylic acids is 1. The van der Waals surface area contributed by atoms with Crippen LogP contribution in [0.3, 0.4) is 0 Å². The third-order valence-corrected chi connectivity index (χ3v) is 8.14. The molecule has 0 saturated heterocycles. The number of ether oxygens (including phenoxy) is 1. The van der Waals surface area contributed by atoms with Crippen LogP contribution in [0.15, 0.2) is 24.3 Å². The van der Waals surface area contributed by atoms with Gasteiger partial charge < -0.3 is 14.9 Å². The molecule has 2 N–H and O–H groups in total. The predicted octanol–water partition coefficient (Wildman–Crippen LogP) is 5.91. The molecule has 6 nitrogen and oxygen atoms in total. The number of benzene rings is 1. The maximum absolute atomic E-state index is 12.8. The standard InChI is InChI=1S/C28H38O6/c1-6-7-8-9-12-27(2,3)17-13-22(30)26(23(14-17)34-25(33)11-10-24(31)32)18-15-21(29)20-16-19(18)28(20,4)5/h10-11,13-14,18-20,30H,6-9,12,15-16H2,1-5H3,(H,31,32)/t18-,19-,20+/m1/s1. The SMILES string of the molecule is CCCCCCC(C)(C)c1cc(O)c([C@@H]2CC(=O)[C@@H]3C[C@H]2C3(C)C)c(OC(=O)C=CC(=O)O)c1. The van der Waals surface area contributed by atoms with Crippen molar-refractivity contribution < 1.29 is 29.3 Å². The molecular formula is C28H38O6. The van der Waals surface area contributed by atoms with E-state index in [4.69, 9.17) is 9.84 Å². The first-order chi connectivity index (χ1) is 15.9. The average molecular weight is 471 g/mol. The lowest BCUT2D eigenvalue weighted by atomic mass is 9.44. The highest BCUT2D eigenvalue weighted by atomic mass is 16.5. The highest BCUT2D eigenvalue weighted by Crippen LogP contribution is 2.64. The number of Topliss-reactive ketones (excluding diaryl/α,β-unsaturated/α-hetero) is 1. The Hall–Kier alpha value is -2.63. The lowest BCUT2D eigenvalue weighted by Gasteiger charge is -2.59. The maximum atomic E-state index is 12.8. The Morgan fingerprint density at radius 3 is 2.47 bits per heavy atom. The van der Waals surface area contributed by atoms with E-state index in [2.05, 4.69) is 34.6 Å². The topological polar surface area (TPSA) is 101 Å². The number of hydrogen-bond acceptors (Lipinski definition) is 5. The van der Waals surface area contributed by atoms with Crippen LogP contribution in [0.25, 0.3) is 0 Å². The molecule has 0 unspecified atom stereocenters. The van der Waals surface area contributed by atoms with Crippen LogP contribution in [-0.2, 0) is 19.8 Å². The van der Waals surface area contributed by atoms with Gasteiger partial charge in [-0.1, -0.05) is 60.3 Å². The summed E-state index contributed by atoms with van der Waals surface area (Å²) in [6, 6.07) is 3.55. The fourth-order valence-electron chi connectivity index (χ4n) is 5.87. The fourth-order valence-corrected chi connectivity index (χ4v) is 5.87. The summed E-state index contributed by atoms with van der Waals surface area (Å²) in [5.74, 6) is -1.65. The molecule has 3 atom stereocenters. The van der Waals surface area contributed by atoms with E-state index in [1.54, 1.807) is 12.1 Å². The van der Waals surface area contributed by atoms with Crippen molar-refractivity contribution in [2.45, 2.75) is 90.9 Å². The number of esters is 1. The highest BCUT2D eigenvalue weighted by Gasteiger charge is 2.59. The Morgan fingerprint density at radius 1 is 1.18 bits per heavy atom. The number of rotatable bonds is 10. The summed E-state index contributed by atoms with van der Waals surface area (Å²) in [6.45, 7) is 10.5.